The Morgan fingerprint density at radius 3 is 1.48 bits per heavy atom. The van der Waals surface area contributed by atoms with Crippen molar-refractivity contribution in [3.8, 4) is 0 Å². The molecule has 2 aromatic rings. The fourth-order valence-corrected chi connectivity index (χ4v) is 9.55. The number of ether oxygens (including phenoxy) is 4. The lowest BCUT2D eigenvalue weighted by Gasteiger charge is -2.36. The van der Waals surface area contributed by atoms with Crippen LogP contribution in [0.5, 0.6) is 0 Å². The van der Waals surface area contributed by atoms with Gasteiger partial charge in [-0.3, -0.25) is 18.7 Å². The zero-order chi connectivity index (χ0) is 48.0. The first-order valence-electron chi connectivity index (χ1n) is 23.6. The van der Waals surface area contributed by atoms with E-state index in [1.54, 1.807) is 15.3 Å². The molecule has 0 spiro atoms. The fourth-order valence-electron chi connectivity index (χ4n) is 6.00. The molecular weight excluding hydrogens is 901 g/mol. The lowest BCUT2D eigenvalue weighted by molar-refractivity contribution is 0.0841. The number of anilines is 2. The molecule has 0 unspecified atom stereocenters. The molecule has 0 atom stereocenters. The first-order chi connectivity index (χ1) is 29.6. The van der Waals surface area contributed by atoms with Crippen LogP contribution >= 0.6 is 0 Å². The van der Waals surface area contributed by atoms with Crippen molar-refractivity contribution in [2.24, 2.45) is 0 Å². The largest absolute Gasteiger partial charge is 0.417 e. The van der Waals surface area contributed by atoms with Gasteiger partial charge in [0.15, 0.2) is 28.3 Å². The molecule has 0 aromatic carbocycles. The molecule has 0 saturated carbocycles. The number of nitrogens with zero attached hydrogens (tertiary/aromatic N) is 6. The predicted octanol–water partition coefficient (Wildman–Crippen LogP) is 10.0. The molecule has 66 heavy (non-hydrogen) atoms. The second-order valence-corrected chi connectivity index (χ2v) is 43.5. The molecule has 382 valence electrons. The average Bonchev–Trinajstić information content (AvgIpc) is 3.19. The van der Waals surface area contributed by atoms with E-state index in [9.17, 15) is 9.59 Å². The van der Waals surface area contributed by atoms with Crippen LogP contribution in [0.25, 0.3) is 6.08 Å². The highest BCUT2D eigenvalue weighted by molar-refractivity contribution is 6.76. The smallest absolute Gasteiger partial charge is 0.295 e. The topological polar surface area (TPSA) is 132 Å². The number of hydrogen-bond donors (Lipinski definition) is 0. The molecular formula is C48H96N6O8Si4. The minimum Gasteiger partial charge on any atom is -0.417 e. The Balaban J connectivity index is 0.000000641. The van der Waals surface area contributed by atoms with Gasteiger partial charge in [0.1, 0.15) is 13.5 Å². The molecule has 14 nitrogen and oxygen atoms in total. The Bertz CT molecular complexity index is 1870. The average molecular weight is 998 g/mol. The van der Waals surface area contributed by atoms with E-state index >= 15 is 0 Å². The minimum atomic E-state index is -1.80. The molecule has 4 rings (SSSR count). The van der Waals surface area contributed by atoms with Gasteiger partial charge in [-0.15, -0.1) is 0 Å². The molecule has 0 N–H and O–H groups in total. The first-order valence-corrected chi connectivity index (χ1v) is 36.8. The van der Waals surface area contributed by atoms with Crippen molar-refractivity contribution in [2.75, 3.05) is 88.8 Å². The van der Waals surface area contributed by atoms with Crippen LogP contribution in [0.1, 0.15) is 74.2 Å². The van der Waals surface area contributed by atoms with E-state index < -0.39 is 32.8 Å². The molecule has 0 bridgehead atoms. The van der Waals surface area contributed by atoms with Crippen LogP contribution < -0.4 is 20.9 Å². The van der Waals surface area contributed by atoms with Gasteiger partial charge in [0.2, 0.25) is 0 Å². The zero-order valence-electron chi connectivity index (χ0n) is 43.0. The van der Waals surface area contributed by atoms with Crippen LogP contribution in [0, 0.1) is 0 Å². The van der Waals surface area contributed by atoms with E-state index in [2.05, 4.69) is 112 Å². The molecule has 4 heterocycles. The molecule has 0 aliphatic carbocycles. The molecule has 2 aromatic heterocycles. The molecule has 0 radical (unpaired) electrons. The third-order valence-corrected chi connectivity index (χ3v) is 25.0. The van der Waals surface area contributed by atoms with Crippen LogP contribution in [0.15, 0.2) is 28.1 Å². The second-order valence-electron chi connectivity index (χ2n) is 22.7. The third kappa shape index (κ3) is 21.2. The van der Waals surface area contributed by atoms with Crippen LogP contribution in [-0.4, -0.2) is 131 Å². The van der Waals surface area contributed by atoms with E-state index in [0.29, 0.717) is 84.1 Å². The van der Waals surface area contributed by atoms with Gasteiger partial charge < -0.3 is 37.6 Å². The molecule has 2 fully saturated rings. The summed E-state index contributed by atoms with van der Waals surface area (Å²) in [5.41, 5.74) is 1.45. The quantitative estimate of drug-likeness (QED) is 0.0872. The maximum Gasteiger partial charge on any atom is 0.295 e. The highest BCUT2D eigenvalue weighted by Gasteiger charge is 2.37. The maximum atomic E-state index is 13.1. The summed E-state index contributed by atoms with van der Waals surface area (Å²) in [4.78, 5) is 39.7. The van der Waals surface area contributed by atoms with Crippen molar-refractivity contribution in [3.63, 3.8) is 0 Å². The standard InChI is InChI=1S/C23H45N3O4Si2.C23H43N3O4Si2.2CH4/c2*1-23(2,3)32(7,8)30-13-9-10-20-18-26(19-29-16-17-31(4,5)6)22(27)21(24-20)25-11-14-28-15-12-25;;/h18H,9-17,19H2,1-8H3;9-10,18H,11-17,19H2,1-8H3;2*1H4/b;10-9+;;. The summed E-state index contributed by atoms with van der Waals surface area (Å²) < 4.78 is 38.5. The lowest BCUT2D eigenvalue weighted by Crippen LogP contribution is -2.42. The Morgan fingerprint density at radius 1 is 0.621 bits per heavy atom. The minimum absolute atomic E-state index is 0. The number of aromatic nitrogens is 4. The van der Waals surface area contributed by atoms with E-state index in [1.165, 1.54) is 0 Å². The van der Waals surface area contributed by atoms with Crippen LogP contribution in [-0.2, 0) is 47.7 Å². The number of hydrogen-bond acceptors (Lipinski definition) is 12. The number of aryl methyl sites for hydroxylation is 1. The van der Waals surface area contributed by atoms with Gasteiger partial charge in [0.25, 0.3) is 11.1 Å². The van der Waals surface area contributed by atoms with Crippen molar-refractivity contribution in [3.05, 3.63) is 50.6 Å². The van der Waals surface area contributed by atoms with Gasteiger partial charge in [0.05, 0.1) is 44.4 Å². The van der Waals surface area contributed by atoms with Crippen LogP contribution in [0.3, 0.4) is 0 Å². The van der Waals surface area contributed by atoms with Crippen LogP contribution in [0.2, 0.25) is 87.6 Å². The van der Waals surface area contributed by atoms with Gasteiger partial charge >= 0.3 is 0 Å². The van der Waals surface area contributed by atoms with Gasteiger partial charge in [-0.2, -0.15) is 0 Å². The fraction of sp³-hybridized carbons (Fsp3) is 0.792. The molecule has 2 aliphatic rings. The van der Waals surface area contributed by atoms with Gasteiger partial charge in [-0.25, -0.2) is 9.97 Å². The molecule has 2 aliphatic heterocycles. The van der Waals surface area contributed by atoms with Gasteiger partial charge in [0, 0.05) is 74.5 Å². The Hall–Kier alpha value is -2.27. The Kier molecular flexibility index (Phi) is 25.5. The summed E-state index contributed by atoms with van der Waals surface area (Å²) in [5, 5.41) is 0.373. The van der Waals surface area contributed by atoms with Crippen LogP contribution in [0.4, 0.5) is 11.6 Å². The summed E-state index contributed by atoms with van der Waals surface area (Å²) >= 11 is 0. The lowest BCUT2D eigenvalue weighted by atomic mass is 10.2. The van der Waals surface area contributed by atoms with E-state index in [-0.39, 0.29) is 49.5 Å². The second kappa shape index (κ2) is 27.2. The van der Waals surface area contributed by atoms with E-state index in [1.807, 2.05) is 28.1 Å². The van der Waals surface area contributed by atoms with Crippen molar-refractivity contribution in [1.29, 1.82) is 0 Å². The summed E-state index contributed by atoms with van der Waals surface area (Å²) in [6, 6.07) is 2.15. The number of rotatable bonds is 21. The highest BCUT2D eigenvalue weighted by atomic mass is 28.4. The monoisotopic (exact) mass is 997 g/mol. The molecule has 0 amide bonds. The van der Waals surface area contributed by atoms with Gasteiger partial charge in [-0.05, 0) is 67.3 Å². The summed E-state index contributed by atoms with van der Waals surface area (Å²) in [6.07, 6.45) is 9.25. The summed E-state index contributed by atoms with van der Waals surface area (Å²) in [5.74, 6) is 0.986. The van der Waals surface area contributed by atoms with Crippen molar-refractivity contribution >= 4 is 50.5 Å². The summed E-state index contributed by atoms with van der Waals surface area (Å²) in [7, 11) is -5.90. The highest BCUT2D eigenvalue weighted by Crippen LogP contribution is 2.37. The molecule has 2 saturated heterocycles. The van der Waals surface area contributed by atoms with Crippen molar-refractivity contribution in [2.45, 2.75) is 170 Å². The predicted molar refractivity (Wildman–Crippen MR) is 288 cm³/mol. The maximum absolute atomic E-state index is 13.1. The van der Waals surface area contributed by atoms with Crippen molar-refractivity contribution in [1.82, 2.24) is 19.1 Å². The third-order valence-electron chi connectivity index (χ3n) is 12.5. The van der Waals surface area contributed by atoms with Crippen molar-refractivity contribution < 1.29 is 27.8 Å². The van der Waals surface area contributed by atoms with E-state index in [0.717, 1.165) is 42.9 Å². The zero-order valence-corrected chi connectivity index (χ0v) is 47.0. The Morgan fingerprint density at radius 2 is 1.05 bits per heavy atom. The number of morpholine rings is 2. The van der Waals surface area contributed by atoms with Gasteiger partial charge in [-0.1, -0.05) is 102 Å². The molecule has 18 heteroatoms. The Labute approximate surface area is 405 Å². The first kappa shape index (κ1) is 61.7. The summed E-state index contributed by atoms with van der Waals surface area (Å²) in [6.45, 7) is 44.8. The normalized spacial score (nSPS) is 15.6. The SMILES string of the molecule is C.C.CC(C)(C)[Si](C)(C)OC/C=C/c1cn(COCC[Si](C)(C)C)c(=O)c(N2CCOCC2)n1.CC(C)(C)[Si](C)(C)OCCCc1cn(COCC[Si](C)(C)C)c(=O)c(N2CCOCC2)n1. The van der Waals surface area contributed by atoms with E-state index in [4.69, 9.17) is 32.8 Å².